The van der Waals surface area contributed by atoms with Crippen LogP contribution in [0.4, 0.5) is 5.82 Å². The molecule has 1 aromatic carbocycles. The van der Waals surface area contributed by atoms with Crippen LogP contribution in [-0.2, 0) is 10.0 Å². The van der Waals surface area contributed by atoms with E-state index in [0.717, 1.165) is 23.1 Å². The van der Waals surface area contributed by atoms with E-state index in [9.17, 15) is 8.42 Å². The van der Waals surface area contributed by atoms with E-state index < -0.39 is 10.0 Å². The van der Waals surface area contributed by atoms with Gasteiger partial charge in [-0.15, -0.1) is 0 Å². The maximum absolute atomic E-state index is 11.5. The van der Waals surface area contributed by atoms with Gasteiger partial charge in [0, 0.05) is 25.0 Å². The summed E-state index contributed by atoms with van der Waals surface area (Å²) in [5.41, 5.74) is 0.953. The van der Waals surface area contributed by atoms with Crippen LogP contribution in [0.1, 0.15) is 13.3 Å². The molecule has 0 fully saturated rings. The second-order valence-electron chi connectivity index (χ2n) is 4.92. The van der Waals surface area contributed by atoms with Crippen molar-refractivity contribution in [2.45, 2.75) is 13.3 Å². The summed E-state index contributed by atoms with van der Waals surface area (Å²) in [4.78, 5) is 4.52. The molecule has 0 unspecified atom stereocenters. The Bertz CT molecular complexity index is 701. The van der Waals surface area contributed by atoms with E-state index in [2.05, 4.69) is 10.3 Å². The fraction of sp³-hybridized carbons (Fsp3) is 0.400. The van der Waals surface area contributed by atoms with Gasteiger partial charge in [-0.25, -0.2) is 17.7 Å². The number of nitrogens with zero attached hydrogens (tertiary/aromatic N) is 2. The van der Waals surface area contributed by atoms with Gasteiger partial charge in [0.2, 0.25) is 10.0 Å². The minimum Gasteiger partial charge on any atom is -0.370 e. The Morgan fingerprint density at radius 3 is 2.67 bits per heavy atom. The average molecular weight is 307 g/mol. The third kappa shape index (κ3) is 4.41. The molecule has 2 rings (SSSR count). The first-order valence-corrected chi connectivity index (χ1v) is 8.90. The van der Waals surface area contributed by atoms with E-state index in [-0.39, 0.29) is 0 Å². The third-order valence-electron chi connectivity index (χ3n) is 3.31. The first-order valence-electron chi connectivity index (χ1n) is 7.05. The monoisotopic (exact) mass is 307 g/mol. The average Bonchev–Trinajstić information content (AvgIpc) is 2.45. The largest absolute Gasteiger partial charge is 0.370 e. The molecule has 0 aliphatic heterocycles. The minimum absolute atomic E-state index is 0.507. The van der Waals surface area contributed by atoms with Gasteiger partial charge in [-0.2, -0.15) is 0 Å². The van der Waals surface area contributed by atoms with Gasteiger partial charge in [0.25, 0.3) is 0 Å². The van der Waals surface area contributed by atoms with E-state index in [1.54, 1.807) is 0 Å². The molecule has 0 radical (unpaired) electrons. The molecular weight excluding hydrogens is 286 g/mol. The molecule has 0 spiro atoms. The van der Waals surface area contributed by atoms with E-state index in [0.29, 0.717) is 19.6 Å². The quantitative estimate of drug-likeness (QED) is 0.797. The Morgan fingerprint density at radius 1 is 1.19 bits per heavy atom. The molecule has 0 atom stereocenters. The lowest BCUT2D eigenvalue weighted by Gasteiger charge is -2.17. The van der Waals surface area contributed by atoms with Crippen LogP contribution in [0.25, 0.3) is 10.9 Å². The molecule has 0 bridgehead atoms. The van der Waals surface area contributed by atoms with Crippen molar-refractivity contribution in [1.29, 1.82) is 0 Å². The third-order valence-corrected chi connectivity index (χ3v) is 4.69. The van der Waals surface area contributed by atoms with E-state index in [4.69, 9.17) is 0 Å². The zero-order chi connectivity index (χ0) is 15.3. The van der Waals surface area contributed by atoms with Crippen molar-refractivity contribution in [3.63, 3.8) is 0 Å². The highest BCUT2D eigenvalue weighted by molar-refractivity contribution is 7.88. The zero-order valence-electron chi connectivity index (χ0n) is 12.4. The summed E-state index contributed by atoms with van der Waals surface area (Å²) < 4.78 is 24.4. The van der Waals surface area contributed by atoms with Crippen LogP contribution in [0.3, 0.4) is 0 Å². The minimum atomic E-state index is -3.10. The van der Waals surface area contributed by atoms with E-state index in [1.807, 2.05) is 43.3 Å². The van der Waals surface area contributed by atoms with Crippen LogP contribution >= 0.6 is 0 Å². The number of pyridine rings is 1. The van der Waals surface area contributed by atoms with E-state index in [1.165, 1.54) is 10.6 Å². The van der Waals surface area contributed by atoms with Gasteiger partial charge in [0.1, 0.15) is 5.82 Å². The molecule has 1 aromatic heterocycles. The van der Waals surface area contributed by atoms with Gasteiger partial charge in [0.15, 0.2) is 0 Å². The number of hydrogen-bond acceptors (Lipinski definition) is 4. The van der Waals surface area contributed by atoms with Gasteiger partial charge in [-0.05, 0) is 24.6 Å². The Kier molecular flexibility index (Phi) is 5.14. The number of sulfonamides is 1. The SMILES string of the molecule is CCN(CCCNc1ccc2ccccc2n1)S(C)(=O)=O. The summed E-state index contributed by atoms with van der Waals surface area (Å²) in [6.07, 6.45) is 1.99. The normalized spacial score (nSPS) is 12.0. The lowest BCUT2D eigenvalue weighted by atomic mass is 10.2. The summed E-state index contributed by atoms with van der Waals surface area (Å²) in [6, 6.07) is 11.9. The molecule has 0 saturated heterocycles. The predicted molar refractivity (Wildman–Crippen MR) is 86.9 cm³/mol. The molecule has 6 heteroatoms. The maximum Gasteiger partial charge on any atom is 0.211 e. The molecule has 0 aliphatic rings. The van der Waals surface area contributed by atoms with Crippen LogP contribution < -0.4 is 5.32 Å². The number of benzene rings is 1. The highest BCUT2D eigenvalue weighted by Gasteiger charge is 2.12. The van der Waals surface area contributed by atoms with Crippen molar-refractivity contribution in [2.24, 2.45) is 0 Å². The molecular formula is C15H21N3O2S. The first kappa shape index (κ1) is 15.7. The number of fused-ring (bicyclic) bond motifs is 1. The van der Waals surface area contributed by atoms with Gasteiger partial charge >= 0.3 is 0 Å². The smallest absolute Gasteiger partial charge is 0.211 e. The molecule has 1 N–H and O–H groups in total. The number of anilines is 1. The van der Waals surface area contributed by atoms with Crippen molar-refractivity contribution in [2.75, 3.05) is 31.2 Å². The number of para-hydroxylation sites is 1. The van der Waals surface area contributed by atoms with Crippen molar-refractivity contribution < 1.29 is 8.42 Å². The van der Waals surface area contributed by atoms with Crippen LogP contribution in [0.2, 0.25) is 0 Å². The number of rotatable bonds is 7. The Hall–Kier alpha value is -1.66. The highest BCUT2D eigenvalue weighted by atomic mass is 32.2. The summed E-state index contributed by atoms with van der Waals surface area (Å²) in [5.74, 6) is 0.816. The number of aromatic nitrogens is 1. The van der Waals surface area contributed by atoms with Crippen molar-refractivity contribution in [3.8, 4) is 0 Å². The number of hydrogen-bond donors (Lipinski definition) is 1. The number of nitrogens with one attached hydrogen (secondary N) is 1. The van der Waals surface area contributed by atoms with Crippen LogP contribution in [0.15, 0.2) is 36.4 Å². The summed E-state index contributed by atoms with van der Waals surface area (Å²) in [7, 11) is -3.10. The van der Waals surface area contributed by atoms with Gasteiger partial charge in [-0.3, -0.25) is 0 Å². The fourth-order valence-electron chi connectivity index (χ4n) is 2.19. The maximum atomic E-state index is 11.5. The van der Waals surface area contributed by atoms with Crippen LogP contribution in [0.5, 0.6) is 0 Å². The zero-order valence-corrected chi connectivity index (χ0v) is 13.2. The highest BCUT2D eigenvalue weighted by Crippen LogP contribution is 2.14. The van der Waals surface area contributed by atoms with Gasteiger partial charge in [-0.1, -0.05) is 25.1 Å². The molecule has 2 aromatic rings. The Balaban J connectivity index is 1.87. The van der Waals surface area contributed by atoms with Crippen molar-refractivity contribution >= 4 is 26.7 Å². The molecule has 1 heterocycles. The predicted octanol–water partition coefficient (Wildman–Crippen LogP) is 2.32. The topological polar surface area (TPSA) is 62.3 Å². The Morgan fingerprint density at radius 2 is 1.95 bits per heavy atom. The van der Waals surface area contributed by atoms with Crippen LogP contribution in [0, 0.1) is 0 Å². The first-order chi connectivity index (χ1) is 10.0. The van der Waals surface area contributed by atoms with Crippen molar-refractivity contribution in [3.05, 3.63) is 36.4 Å². The standard InChI is InChI=1S/C15H21N3O2S/c1-3-18(21(2,19)20)12-6-11-16-15-10-9-13-7-4-5-8-14(13)17-15/h4-5,7-10H,3,6,11-12H2,1-2H3,(H,16,17). The van der Waals surface area contributed by atoms with Crippen LogP contribution in [-0.4, -0.2) is 43.6 Å². The lowest BCUT2D eigenvalue weighted by Crippen LogP contribution is -2.31. The van der Waals surface area contributed by atoms with E-state index >= 15 is 0 Å². The molecule has 0 saturated carbocycles. The Labute approximate surface area is 126 Å². The molecule has 114 valence electrons. The fourth-order valence-corrected chi connectivity index (χ4v) is 3.12. The molecule has 0 amide bonds. The van der Waals surface area contributed by atoms with Gasteiger partial charge in [0.05, 0.1) is 11.8 Å². The molecule has 0 aliphatic carbocycles. The molecule has 21 heavy (non-hydrogen) atoms. The second kappa shape index (κ2) is 6.87. The van der Waals surface area contributed by atoms with Crippen molar-refractivity contribution in [1.82, 2.24) is 9.29 Å². The summed E-state index contributed by atoms with van der Waals surface area (Å²) in [5, 5.41) is 4.34. The molecule has 5 nitrogen and oxygen atoms in total. The van der Waals surface area contributed by atoms with Gasteiger partial charge < -0.3 is 5.32 Å². The second-order valence-corrected chi connectivity index (χ2v) is 6.91. The summed E-state index contributed by atoms with van der Waals surface area (Å²) in [6.45, 7) is 3.57. The summed E-state index contributed by atoms with van der Waals surface area (Å²) >= 11 is 0. The lowest BCUT2D eigenvalue weighted by molar-refractivity contribution is 0.428.